The third-order valence-electron chi connectivity index (χ3n) is 1.36. The molecule has 1 aromatic carbocycles. The predicted octanol–water partition coefficient (Wildman–Crippen LogP) is -0.212. The quantitative estimate of drug-likeness (QED) is 0.312. The number of hydrogen-bond donors (Lipinski definition) is 2. The molecule has 0 atom stereocenters. The third-order valence-corrected chi connectivity index (χ3v) is 1.36. The Morgan fingerprint density at radius 3 is 2.47 bits per heavy atom. The monoisotopic (exact) mass is 224 g/mol. The van der Waals surface area contributed by atoms with E-state index in [0.717, 1.165) is 0 Å². The average Bonchev–Trinajstić information content (AvgIpc) is 2.03. The van der Waals surface area contributed by atoms with Crippen molar-refractivity contribution in [2.75, 3.05) is 0 Å². The van der Waals surface area contributed by atoms with Gasteiger partial charge in [0, 0.05) is 0 Å². The molecular weight excluding hydrogens is 215 g/mol. The Bertz CT molecular complexity index is 351. The van der Waals surface area contributed by atoms with Crippen molar-refractivity contribution in [3.05, 3.63) is 23.8 Å². The average molecular weight is 224 g/mol. The van der Waals surface area contributed by atoms with Crippen LogP contribution >= 0.6 is 0 Å². The third kappa shape index (κ3) is 4.30. The van der Waals surface area contributed by atoms with Gasteiger partial charge in [-0.1, -0.05) is 6.07 Å². The molecule has 0 saturated heterocycles. The molecule has 4 N–H and O–H groups in total. The summed E-state index contributed by atoms with van der Waals surface area (Å²) in [4.78, 5) is 20.5. The Kier molecular flexibility index (Phi) is 7.90. The molecule has 0 aliphatic rings. The molecule has 0 aliphatic carbocycles. The summed E-state index contributed by atoms with van der Waals surface area (Å²) in [7, 11) is 0. The van der Waals surface area contributed by atoms with Crippen LogP contribution in [-0.4, -0.2) is 57.7 Å². The van der Waals surface area contributed by atoms with Crippen molar-refractivity contribution < 1.29 is 30.0 Å². The van der Waals surface area contributed by atoms with Crippen LogP contribution in [-0.2, 0) is 0 Å². The zero-order valence-corrected chi connectivity index (χ0v) is 6.93. The first kappa shape index (κ1) is 16.4. The molecule has 0 amide bonds. The molecule has 1 aromatic rings. The number of carbonyl (C=O) groups is 2. The van der Waals surface area contributed by atoms with Gasteiger partial charge in [0.25, 0.3) is 0 Å². The summed E-state index contributed by atoms with van der Waals surface area (Å²) in [5.41, 5.74) is -0.176. The Hall–Kier alpha value is -1.08. The zero-order valence-electron chi connectivity index (χ0n) is 6.93. The number of carboxylic acid groups (broad SMARTS) is 1. The summed E-state index contributed by atoms with van der Waals surface area (Å²) in [5, 5.41) is 17.4. The summed E-state index contributed by atoms with van der Waals surface area (Å²) >= 11 is 0. The molecule has 0 radical (unpaired) electrons. The fourth-order valence-electron chi connectivity index (χ4n) is 0.834. The minimum absolute atomic E-state index is 0. The molecule has 7 heteroatoms. The van der Waals surface area contributed by atoms with Crippen LogP contribution in [0.15, 0.2) is 18.2 Å². The van der Waals surface area contributed by atoms with Crippen LogP contribution in [0.1, 0.15) is 10.4 Å². The fourth-order valence-corrected chi connectivity index (χ4v) is 0.834. The number of ether oxygens (including phenoxy) is 1. The van der Waals surface area contributed by atoms with Gasteiger partial charge in [0.15, 0.2) is 6.29 Å². The first-order valence-electron chi connectivity index (χ1n) is 3.33. The van der Waals surface area contributed by atoms with Crippen molar-refractivity contribution in [2.45, 2.75) is 0 Å². The molecular formula is C8H9NaO6. The minimum atomic E-state index is -1.53. The van der Waals surface area contributed by atoms with Gasteiger partial charge in [-0.05, 0) is 12.1 Å². The molecule has 78 valence electrons. The van der Waals surface area contributed by atoms with E-state index in [9.17, 15) is 9.59 Å². The molecule has 0 fully saturated rings. The van der Waals surface area contributed by atoms with Crippen molar-refractivity contribution in [1.29, 1.82) is 0 Å². The zero-order chi connectivity index (χ0) is 9.84. The molecule has 15 heavy (non-hydrogen) atoms. The van der Waals surface area contributed by atoms with Crippen molar-refractivity contribution in [1.82, 2.24) is 0 Å². The maximum absolute atomic E-state index is 10.4. The van der Waals surface area contributed by atoms with E-state index in [1.54, 1.807) is 0 Å². The van der Waals surface area contributed by atoms with Crippen LogP contribution in [0.2, 0.25) is 0 Å². The molecule has 1 rings (SSSR count). The van der Waals surface area contributed by atoms with Gasteiger partial charge in [0.05, 0.1) is 5.56 Å². The van der Waals surface area contributed by atoms with E-state index < -0.39 is 6.16 Å². The van der Waals surface area contributed by atoms with Gasteiger partial charge in [-0.3, -0.25) is 4.79 Å². The van der Waals surface area contributed by atoms with Gasteiger partial charge in [-0.25, -0.2) is 4.79 Å². The Morgan fingerprint density at radius 1 is 1.40 bits per heavy atom. The number of benzene rings is 1. The van der Waals surface area contributed by atoms with E-state index in [1.807, 2.05) is 0 Å². The molecule has 0 aromatic heterocycles. The number of aromatic hydroxyl groups is 1. The number of phenolic OH excluding ortho intramolecular Hbond substituents is 1. The van der Waals surface area contributed by atoms with E-state index in [2.05, 4.69) is 4.74 Å². The first-order chi connectivity index (χ1) is 6.15. The SMILES string of the molecule is O.O=Cc1c(O)cccc1OC(=O)O.[NaH]. The summed E-state index contributed by atoms with van der Waals surface area (Å²) in [5.74, 6) is -0.490. The van der Waals surface area contributed by atoms with Gasteiger partial charge in [-0.2, -0.15) is 0 Å². The second kappa shape index (κ2) is 7.24. The van der Waals surface area contributed by atoms with Crippen molar-refractivity contribution >= 4 is 42.0 Å². The number of phenols is 1. The van der Waals surface area contributed by atoms with Gasteiger partial charge >= 0.3 is 35.7 Å². The molecule has 0 unspecified atom stereocenters. The fraction of sp³-hybridized carbons (Fsp3) is 0. The van der Waals surface area contributed by atoms with Crippen molar-refractivity contribution in [3.8, 4) is 11.5 Å². The van der Waals surface area contributed by atoms with E-state index in [4.69, 9.17) is 10.2 Å². The summed E-state index contributed by atoms with van der Waals surface area (Å²) in [6, 6.07) is 3.91. The van der Waals surface area contributed by atoms with E-state index >= 15 is 0 Å². The molecule has 0 aliphatic heterocycles. The van der Waals surface area contributed by atoms with Gasteiger partial charge < -0.3 is 20.4 Å². The van der Waals surface area contributed by atoms with Crippen LogP contribution in [0.5, 0.6) is 11.5 Å². The number of carbonyl (C=O) groups excluding carboxylic acids is 1. The van der Waals surface area contributed by atoms with Gasteiger partial charge in [-0.15, -0.1) is 0 Å². The number of hydrogen-bond acceptors (Lipinski definition) is 4. The van der Waals surface area contributed by atoms with E-state index in [1.165, 1.54) is 18.2 Å². The second-order valence-electron chi connectivity index (χ2n) is 2.17. The van der Waals surface area contributed by atoms with Crippen LogP contribution < -0.4 is 4.74 Å². The first-order valence-corrected chi connectivity index (χ1v) is 3.33. The van der Waals surface area contributed by atoms with Crippen LogP contribution in [0.4, 0.5) is 4.79 Å². The summed E-state index contributed by atoms with van der Waals surface area (Å²) in [6.45, 7) is 0. The Labute approximate surface area is 107 Å². The molecule has 0 saturated carbocycles. The van der Waals surface area contributed by atoms with Gasteiger partial charge in [0.2, 0.25) is 0 Å². The summed E-state index contributed by atoms with van der Waals surface area (Å²) < 4.78 is 4.24. The maximum atomic E-state index is 10.4. The molecule has 0 heterocycles. The van der Waals surface area contributed by atoms with Gasteiger partial charge in [0.1, 0.15) is 11.5 Å². The standard InChI is InChI=1S/C8H6O5.Na.H2O.H/c9-4-5-6(10)2-1-3-7(5)13-8(11)12;;;/h1-4,10H,(H,11,12);;1H2;. The Balaban J connectivity index is 0. The van der Waals surface area contributed by atoms with Crippen LogP contribution in [0.25, 0.3) is 0 Å². The predicted molar refractivity (Wildman–Crippen MR) is 52.9 cm³/mol. The molecule has 0 bridgehead atoms. The van der Waals surface area contributed by atoms with E-state index in [-0.39, 0.29) is 52.1 Å². The van der Waals surface area contributed by atoms with Crippen molar-refractivity contribution in [2.24, 2.45) is 0 Å². The van der Waals surface area contributed by atoms with Crippen molar-refractivity contribution in [3.63, 3.8) is 0 Å². The van der Waals surface area contributed by atoms with E-state index in [0.29, 0.717) is 6.29 Å². The topological polar surface area (TPSA) is 115 Å². The molecule has 6 nitrogen and oxygen atoms in total. The normalized spacial score (nSPS) is 8.00. The summed E-state index contributed by atoms with van der Waals surface area (Å²) in [6.07, 6.45) is -1.21. The number of aldehydes is 1. The second-order valence-corrected chi connectivity index (χ2v) is 2.17. The van der Waals surface area contributed by atoms with Crippen LogP contribution in [0, 0.1) is 0 Å². The Morgan fingerprint density at radius 2 is 2.00 bits per heavy atom. The number of rotatable bonds is 2. The van der Waals surface area contributed by atoms with Crippen LogP contribution in [0.3, 0.4) is 0 Å². The molecule has 0 spiro atoms.